The number of non-ortho nitro benzene ring substituents is 1. The summed E-state index contributed by atoms with van der Waals surface area (Å²) in [6, 6.07) is 3.89. The number of hydrogen-bond donors (Lipinski definition) is 2. The molecule has 0 radical (unpaired) electrons. The van der Waals surface area contributed by atoms with Crippen molar-refractivity contribution in [1.82, 2.24) is 0 Å². The fourth-order valence-corrected chi connectivity index (χ4v) is 1.10. The summed E-state index contributed by atoms with van der Waals surface area (Å²) in [5.41, 5.74) is 5.67. The minimum Gasteiger partial charge on any atom is -0.507 e. The summed E-state index contributed by atoms with van der Waals surface area (Å²) in [7, 11) is 0. The molecule has 0 saturated carbocycles. The van der Waals surface area contributed by atoms with Gasteiger partial charge in [0.1, 0.15) is 5.75 Å². The quantitative estimate of drug-likeness (QED) is 0.581. The Morgan fingerprint density at radius 2 is 2.27 bits per heavy atom. The first-order valence-corrected chi connectivity index (χ1v) is 4.49. The molecule has 0 saturated heterocycles. The topological polar surface area (TPSA) is 89.4 Å². The molecule has 0 fully saturated rings. The predicted molar refractivity (Wildman–Crippen MR) is 57.5 cm³/mol. The lowest BCUT2D eigenvalue weighted by Crippen LogP contribution is -1.95. The van der Waals surface area contributed by atoms with Crippen LogP contribution < -0.4 is 5.73 Å². The van der Waals surface area contributed by atoms with Crippen LogP contribution in [0.1, 0.15) is 12.0 Å². The second-order valence-corrected chi connectivity index (χ2v) is 2.98. The molecule has 5 nitrogen and oxygen atoms in total. The number of nitrogens with two attached hydrogens (primary N) is 1. The van der Waals surface area contributed by atoms with Crippen molar-refractivity contribution < 1.29 is 10.0 Å². The molecule has 0 aliphatic carbocycles. The van der Waals surface area contributed by atoms with E-state index in [2.05, 4.69) is 0 Å². The summed E-state index contributed by atoms with van der Waals surface area (Å²) < 4.78 is 0. The number of benzene rings is 1. The number of nitro benzene ring substituents is 1. The van der Waals surface area contributed by atoms with Crippen LogP contribution in [0.4, 0.5) is 5.69 Å². The Morgan fingerprint density at radius 1 is 1.53 bits per heavy atom. The molecule has 1 rings (SSSR count). The summed E-state index contributed by atoms with van der Waals surface area (Å²) in [6.07, 6.45) is 4.05. The Kier molecular flexibility index (Phi) is 3.82. The fourth-order valence-electron chi connectivity index (χ4n) is 1.10. The van der Waals surface area contributed by atoms with E-state index in [-0.39, 0.29) is 11.4 Å². The van der Waals surface area contributed by atoms with Crippen molar-refractivity contribution in [2.45, 2.75) is 6.42 Å². The molecule has 0 aromatic heterocycles. The number of nitro groups is 1. The van der Waals surface area contributed by atoms with Crippen LogP contribution in [0, 0.1) is 10.1 Å². The second kappa shape index (κ2) is 5.11. The normalized spacial score (nSPS) is 10.7. The van der Waals surface area contributed by atoms with E-state index in [1.165, 1.54) is 18.2 Å². The van der Waals surface area contributed by atoms with E-state index in [0.717, 1.165) is 0 Å². The van der Waals surface area contributed by atoms with Crippen LogP contribution in [0.5, 0.6) is 5.75 Å². The highest BCUT2D eigenvalue weighted by Crippen LogP contribution is 2.23. The fraction of sp³-hybridized carbons (Fsp3) is 0.200. The van der Waals surface area contributed by atoms with Crippen molar-refractivity contribution in [3.63, 3.8) is 0 Å². The molecule has 80 valence electrons. The van der Waals surface area contributed by atoms with Crippen LogP contribution in [0.2, 0.25) is 0 Å². The zero-order valence-corrected chi connectivity index (χ0v) is 8.09. The van der Waals surface area contributed by atoms with Crippen molar-refractivity contribution in [2.24, 2.45) is 5.73 Å². The predicted octanol–water partition coefficient (Wildman–Crippen LogP) is 1.66. The Bertz CT molecular complexity index is 388. The van der Waals surface area contributed by atoms with Gasteiger partial charge in [-0.15, -0.1) is 0 Å². The van der Waals surface area contributed by atoms with E-state index < -0.39 is 4.92 Å². The van der Waals surface area contributed by atoms with E-state index in [1.54, 1.807) is 12.2 Å². The maximum absolute atomic E-state index is 10.5. The van der Waals surface area contributed by atoms with Gasteiger partial charge in [0.05, 0.1) is 4.92 Å². The van der Waals surface area contributed by atoms with Gasteiger partial charge in [-0.2, -0.15) is 0 Å². The molecule has 0 amide bonds. The standard InChI is InChI=1S/C10H12N2O3/c11-6-2-1-3-8-7-9(12(14)15)4-5-10(8)13/h1,3-5,7,13H,2,6,11H2. The lowest BCUT2D eigenvalue weighted by atomic mass is 10.1. The van der Waals surface area contributed by atoms with Gasteiger partial charge in [-0.3, -0.25) is 10.1 Å². The maximum atomic E-state index is 10.5. The number of phenols is 1. The summed E-state index contributed by atoms with van der Waals surface area (Å²) in [5.74, 6) is 0.0221. The number of aromatic hydroxyl groups is 1. The van der Waals surface area contributed by atoms with Gasteiger partial charge < -0.3 is 10.8 Å². The number of rotatable bonds is 4. The summed E-state index contributed by atoms with van der Waals surface area (Å²) in [5, 5.41) is 19.9. The molecule has 1 aromatic rings. The average molecular weight is 208 g/mol. The third kappa shape index (κ3) is 3.07. The van der Waals surface area contributed by atoms with Crippen molar-refractivity contribution in [1.29, 1.82) is 0 Å². The Hall–Kier alpha value is -1.88. The number of hydrogen-bond acceptors (Lipinski definition) is 4. The molecule has 1 aromatic carbocycles. The van der Waals surface area contributed by atoms with Gasteiger partial charge in [-0.25, -0.2) is 0 Å². The average Bonchev–Trinajstić information content (AvgIpc) is 2.20. The smallest absolute Gasteiger partial charge is 0.270 e. The summed E-state index contributed by atoms with van der Waals surface area (Å²) >= 11 is 0. The van der Waals surface area contributed by atoms with Gasteiger partial charge in [0.25, 0.3) is 5.69 Å². The molecule has 0 aliphatic heterocycles. The zero-order valence-electron chi connectivity index (χ0n) is 8.09. The van der Waals surface area contributed by atoms with E-state index in [9.17, 15) is 15.2 Å². The third-order valence-corrected chi connectivity index (χ3v) is 1.85. The molecule has 0 unspecified atom stereocenters. The first kappa shape index (κ1) is 11.2. The van der Waals surface area contributed by atoms with Gasteiger partial charge >= 0.3 is 0 Å². The van der Waals surface area contributed by atoms with Crippen LogP contribution >= 0.6 is 0 Å². The van der Waals surface area contributed by atoms with E-state index in [1.807, 2.05) is 0 Å². The SMILES string of the molecule is NCCC=Cc1cc([N+](=O)[O-])ccc1O. The van der Waals surface area contributed by atoms with Gasteiger partial charge in [0, 0.05) is 17.7 Å². The molecule has 0 atom stereocenters. The van der Waals surface area contributed by atoms with Gasteiger partial charge in [0.2, 0.25) is 0 Å². The van der Waals surface area contributed by atoms with Crippen molar-refractivity contribution >= 4 is 11.8 Å². The monoisotopic (exact) mass is 208 g/mol. The molecule has 0 bridgehead atoms. The van der Waals surface area contributed by atoms with E-state index in [4.69, 9.17) is 5.73 Å². The molecule has 5 heteroatoms. The minimum absolute atomic E-state index is 0.0221. The highest BCUT2D eigenvalue weighted by Gasteiger charge is 2.07. The zero-order chi connectivity index (χ0) is 11.3. The lowest BCUT2D eigenvalue weighted by molar-refractivity contribution is -0.384. The highest BCUT2D eigenvalue weighted by atomic mass is 16.6. The molecular formula is C10H12N2O3. The van der Waals surface area contributed by atoms with E-state index >= 15 is 0 Å². The largest absolute Gasteiger partial charge is 0.507 e. The van der Waals surface area contributed by atoms with Gasteiger partial charge in [-0.1, -0.05) is 12.2 Å². The Balaban J connectivity index is 2.95. The molecule has 3 N–H and O–H groups in total. The summed E-state index contributed by atoms with van der Waals surface area (Å²) in [6.45, 7) is 0.506. The van der Waals surface area contributed by atoms with Crippen LogP contribution in [-0.2, 0) is 0 Å². The first-order chi connectivity index (χ1) is 7.15. The van der Waals surface area contributed by atoms with E-state index in [0.29, 0.717) is 18.5 Å². The number of phenolic OH excluding ortho intramolecular Hbond substituents is 1. The van der Waals surface area contributed by atoms with Crippen LogP contribution in [-0.4, -0.2) is 16.6 Å². The second-order valence-electron chi connectivity index (χ2n) is 2.98. The highest BCUT2D eigenvalue weighted by molar-refractivity contribution is 5.60. The van der Waals surface area contributed by atoms with Gasteiger partial charge in [-0.05, 0) is 19.0 Å². The lowest BCUT2D eigenvalue weighted by Gasteiger charge is -1.98. The molecule has 15 heavy (non-hydrogen) atoms. The minimum atomic E-state index is -0.500. The van der Waals surface area contributed by atoms with Crippen LogP contribution in [0.15, 0.2) is 24.3 Å². The maximum Gasteiger partial charge on any atom is 0.270 e. The van der Waals surface area contributed by atoms with Gasteiger partial charge in [0.15, 0.2) is 0 Å². The Labute approximate surface area is 87.0 Å². The first-order valence-electron chi connectivity index (χ1n) is 4.49. The van der Waals surface area contributed by atoms with Crippen molar-refractivity contribution in [3.05, 3.63) is 40.0 Å². The van der Waals surface area contributed by atoms with Crippen molar-refractivity contribution in [2.75, 3.05) is 6.54 Å². The van der Waals surface area contributed by atoms with Crippen LogP contribution in [0.25, 0.3) is 6.08 Å². The molecule has 0 spiro atoms. The third-order valence-electron chi connectivity index (χ3n) is 1.85. The molecule has 0 heterocycles. The summed E-state index contributed by atoms with van der Waals surface area (Å²) in [4.78, 5) is 9.97. The van der Waals surface area contributed by atoms with Crippen molar-refractivity contribution in [3.8, 4) is 5.75 Å². The van der Waals surface area contributed by atoms with Crippen LogP contribution in [0.3, 0.4) is 0 Å². The number of nitrogens with zero attached hydrogens (tertiary/aromatic N) is 1. The Morgan fingerprint density at radius 3 is 2.87 bits per heavy atom. The molecule has 0 aliphatic rings. The molecular weight excluding hydrogens is 196 g/mol.